The van der Waals surface area contributed by atoms with Crippen LogP contribution in [-0.2, 0) is 0 Å². The topological polar surface area (TPSA) is 4.93 Å². The summed E-state index contributed by atoms with van der Waals surface area (Å²) in [5, 5.41) is 3.98. The number of fused-ring (bicyclic) bond motifs is 3. The number of aromatic nitrogens is 1. The molecule has 0 N–H and O–H groups in total. The fourth-order valence-electron chi connectivity index (χ4n) is 7.60. The van der Waals surface area contributed by atoms with E-state index in [0.717, 1.165) is 5.69 Å². The van der Waals surface area contributed by atoms with Gasteiger partial charge in [0.15, 0.2) is 0 Å². The van der Waals surface area contributed by atoms with Crippen molar-refractivity contribution in [1.29, 1.82) is 0 Å². The Labute approximate surface area is 313 Å². The molecule has 9 aromatic rings. The van der Waals surface area contributed by atoms with Crippen molar-refractivity contribution >= 4 is 35.1 Å². The van der Waals surface area contributed by atoms with Gasteiger partial charge in [-0.3, -0.25) is 0 Å². The highest BCUT2D eigenvalue weighted by Gasteiger charge is 2.17. The Morgan fingerprint density at radius 1 is 0.302 bits per heavy atom. The Morgan fingerprint density at radius 3 is 0.981 bits per heavy atom. The van der Waals surface area contributed by atoms with E-state index in [-0.39, 0.29) is 0 Å². The van der Waals surface area contributed by atoms with Crippen molar-refractivity contribution in [2.24, 2.45) is 0 Å². The van der Waals surface area contributed by atoms with E-state index in [1.54, 1.807) is 0 Å². The molecule has 0 aliphatic heterocycles. The Bertz CT molecular complexity index is 2540. The van der Waals surface area contributed by atoms with Crippen LogP contribution < -0.4 is 5.19 Å². The Morgan fingerprint density at radius 2 is 0.604 bits per heavy atom. The Balaban J connectivity index is 1.14. The summed E-state index contributed by atoms with van der Waals surface area (Å²) in [5.74, 6) is 0. The molecule has 0 aliphatic carbocycles. The molecular weight excluding hydrogens is 655 g/mol. The van der Waals surface area contributed by atoms with Gasteiger partial charge in [-0.05, 0) is 92.0 Å². The van der Waals surface area contributed by atoms with Crippen molar-refractivity contribution in [3.63, 3.8) is 0 Å². The summed E-state index contributed by atoms with van der Waals surface area (Å²) < 4.78 is 2.42. The van der Waals surface area contributed by atoms with Gasteiger partial charge < -0.3 is 4.57 Å². The zero-order valence-electron chi connectivity index (χ0n) is 30.4. The van der Waals surface area contributed by atoms with Gasteiger partial charge in [-0.15, -0.1) is 0 Å². The van der Waals surface area contributed by atoms with Crippen molar-refractivity contribution in [3.8, 4) is 61.3 Å². The minimum Gasteiger partial charge on any atom is -0.309 e. The quantitative estimate of drug-likeness (QED) is 0.146. The van der Waals surface area contributed by atoms with Crippen molar-refractivity contribution < 1.29 is 0 Å². The first kappa shape index (κ1) is 32.7. The Kier molecular flexibility index (Phi) is 8.26. The third-order valence-corrected chi connectivity index (χ3v) is 12.7. The van der Waals surface area contributed by atoms with E-state index >= 15 is 0 Å². The van der Waals surface area contributed by atoms with Crippen LogP contribution in [0.15, 0.2) is 194 Å². The largest absolute Gasteiger partial charge is 0.309 e. The van der Waals surface area contributed by atoms with E-state index in [0.29, 0.717) is 0 Å². The highest BCUT2D eigenvalue weighted by atomic mass is 28.3. The van der Waals surface area contributed by atoms with Crippen LogP contribution in [0.1, 0.15) is 0 Å². The SMILES string of the molecule is C[Si](C)(C)c1ccc(-c2ccc(-n3c4ccc(-c5ccc(-c6ccccc6)cc5)cc4c4cc(-c5ccc(-c6ccccc6)cc5)ccc43)cc2)cc1. The molecular formula is C51H41NSi. The van der Waals surface area contributed by atoms with Crippen LogP contribution in [0.2, 0.25) is 19.6 Å². The lowest BCUT2D eigenvalue weighted by Gasteiger charge is -2.17. The van der Waals surface area contributed by atoms with Crippen LogP contribution in [0.3, 0.4) is 0 Å². The van der Waals surface area contributed by atoms with Gasteiger partial charge in [0.25, 0.3) is 0 Å². The molecule has 1 nitrogen and oxygen atoms in total. The molecule has 0 saturated carbocycles. The predicted molar refractivity (Wildman–Crippen MR) is 231 cm³/mol. The van der Waals surface area contributed by atoms with Crippen LogP contribution in [0.5, 0.6) is 0 Å². The van der Waals surface area contributed by atoms with Crippen LogP contribution in [0.25, 0.3) is 83.1 Å². The summed E-state index contributed by atoms with van der Waals surface area (Å²) in [5.41, 5.74) is 15.8. The van der Waals surface area contributed by atoms with Crippen molar-refractivity contribution in [2.45, 2.75) is 19.6 Å². The fourth-order valence-corrected chi connectivity index (χ4v) is 8.76. The maximum Gasteiger partial charge on any atom is 0.0775 e. The molecule has 0 unspecified atom stereocenters. The lowest BCUT2D eigenvalue weighted by molar-refractivity contribution is 1.18. The first-order valence-electron chi connectivity index (χ1n) is 18.5. The number of benzene rings is 8. The van der Waals surface area contributed by atoms with Gasteiger partial charge in [-0.25, -0.2) is 0 Å². The predicted octanol–water partition coefficient (Wildman–Crippen LogP) is 13.7. The van der Waals surface area contributed by atoms with Crippen LogP contribution >= 0.6 is 0 Å². The van der Waals surface area contributed by atoms with Crippen molar-refractivity contribution in [1.82, 2.24) is 4.57 Å². The average molecular weight is 696 g/mol. The molecule has 1 aromatic heterocycles. The number of nitrogens with zero attached hydrogens (tertiary/aromatic N) is 1. The van der Waals surface area contributed by atoms with Gasteiger partial charge in [0.2, 0.25) is 0 Å². The third kappa shape index (κ3) is 6.32. The molecule has 0 radical (unpaired) electrons. The summed E-state index contributed by atoms with van der Waals surface area (Å²) in [7, 11) is -1.34. The van der Waals surface area contributed by atoms with Gasteiger partial charge in [-0.2, -0.15) is 0 Å². The van der Waals surface area contributed by atoms with E-state index in [1.807, 2.05) is 0 Å². The van der Waals surface area contributed by atoms with Crippen LogP contribution in [0, 0.1) is 0 Å². The standard InChI is InChI=1S/C51H41NSi/c1-53(2,3)47-30-24-41(25-31-47)40-22-28-46(29-23-40)52-50-32-26-44(42-18-14-38(15-19-42)36-10-6-4-7-11-36)34-48(50)49-35-45(27-33-51(49)52)43-20-16-39(17-21-43)37-12-8-5-9-13-37/h4-35H,1-3H3. The second kappa shape index (κ2) is 13.4. The maximum atomic E-state index is 2.42. The molecule has 53 heavy (non-hydrogen) atoms. The normalized spacial score (nSPS) is 11.7. The molecule has 1 heterocycles. The smallest absolute Gasteiger partial charge is 0.0775 e. The number of hydrogen-bond acceptors (Lipinski definition) is 0. The molecule has 0 fully saturated rings. The Hall–Kier alpha value is -6.22. The first-order valence-corrected chi connectivity index (χ1v) is 22.0. The van der Waals surface area contributed by atoms with Gasteiger partial charge in [-0.1, -0.05) is 183 Å². The third-order valence-electron chi connectivity index (χ3n) is 10.6. The fraction of sp³-hybridized carbons (Fsp3) is 0.0588. The number of rotatable bonds is 7. The van der Waals surface area contributed by atoms with Gasteiger partial charge in [0, 0.05) is 16.5 Å². The monoisotopic (exact) mass is 695 g/mol. The van der Waals surface area contributed by atoms with E-state index < -0.39 is 8.07 Å². The summed E-state index contributed by atoms with van der Waals surface area (Å²) >= 11 is 0. The summed E-state index contributed by atoms with van der Waals surface area (Å²) in [6.45, 7) is 7.20. The molecule has 0 aliphatic rings. The molecule has 0 saturated heterocycles. The average Bonchev–Trinajstić information content (AvgIpc) is 3.54. The molecule has 254 valence electrons. The second-order valence-electron chi connectivity index (χ2n) is 15.1. The minimum absolute atomic E-state index is 1.16. The molecule has 0 bridgehead atoms. The zero-order chi connectivity index (χ0) is 35.9. The van der Waals surface area contributed by atoms with E-state index in [9.17, 15) is 0 Å². The highest BCUT2D eigenvalue weighted by Crippen LogP contribution is 2.38. The van der Waals surface area contributed by atoms with Crippen molar-refractivity contribution in [3.05, 3.63) is 194 Å². The maximum absolute atomic E-state index is 2.42. The van der Waals surface area contributed by atoms with Crippen molar-refractivity contribution in [2.75, 3.05) is 0 Å². The molecule has 8 aromatic carbocycles. The molecule has 9 rings (SSSR count). The molecule has 0 spiro atoms. The molecule has 0 atom stereocenters. The van der Waals surface area contributed by atoms with Gasteiger partial charge >= 0.3 is 0 Å². The van der Waals surface area contributed by atoms with Crippen LogP contribution in [0.4, 0.5) is 0 Å². The zero-order valence-corrected chi connectivity index (χ0v) is 31.4. The summed E-state index contributed by atoms with van der Waals surface area (Å²) in [6.07, 6.45) is 0. The lowest BCUT2D eigenvalue weighted by atomic mass is 9.97. The van der Waals surface area contributed by atoms with E-state index in [4.69, 9.17) is 0 Å². The lowest BCUT2D eigenvalue weighted by Crippen LogP contribution is -2.37. The second-order valence-corrected chi connectivity index (χ2v) is 20.1. The van der Waals surface area contributed by atoms with Crippen LogP contribution in [-0.4, -0.2) is 12.6 Å². The van der Waals surface area contributed by atoms with E-state index in [2.05, 4.69) is 218 Å². The highest BCUT2D eigenvalue weighted by molar-refractivity contribution is 6.88. The van der Waals surface area contributed by atoms with E-state index in [1.165, 1.54) is 82.6 Å². The first-order chi connectivity index (χ1) is 25.9. The summed E-state index contributed by atoms with van der Waals surface area (Å²) in [6, 6.07) is 71.3. The molecule has 0 amide bonds. The van der Waals surface area contributed by atoms with Gasteiger partial charge in [0.05, 0.1) is 19.1 Å². The summed E-state index contributed by atoms with van der Waals surface area (Å²) in [4.78, 5) is 0. The van der Waals surface area contributed by atoms with Gasteiger partial charge in [0.1, 0.15) is 0 Å². The number of hydrogen-bond donors (Lipinski definition) is 0. The molecule has 2 heteroatoms. The minimum atomic E-state index is -1.34.